The lowest BCUT2D eigenvalue weighted by Gasteiger charge is -2.30. The van der Waals surface area contributed by atoms with Crippen LogP contribution in [0.5, 0.6) is 0 Å². The molecule has 28 heavy (non-hydrogen) atoms. The maximum Gasteiger partial charge on any atom is 0.110 e. The summed E-state index contributed by atoms with van der Waals surface area (Å²) in [4.78, 5) is 0. The van der Waals surface area contributed by atoms with Crippen LogP contribution in [0.15, 0.2) is 102 Å². The van der Waals surface area contributed by atoms with Crippen molar-refractivity contribution in [2.24, 2.45) is 0 Å². The van der Waals surface area contributed by atoms with E-state index in [2.05, 4.69) is 110 Å². The molecule has 4 aromatic rings. The van der Waals surface area contributed by atoms with Gasteiger partial charge in [-0.05, 0) is 50.4 Å². The molecule has 0 aromatic heterocycles. The SMILES string of the molecule is C[Si](C)(C1=C(c2ccccc2)C=CC1)c1c2ccccc2cc2ccccc12. The maximum absolute atomic E-state index is 2.53. The number of rotatable bonds is 3. The number of allylic oxidation sites excluding steroid dienone is 4. The van der Waals surface area contributed by atoms with Crippen molar-refractivity contribution in [3.63, 3.8) is 0 Å². The summed E-state index contributed by atoms with van der Waals surface area (Å²) in [7, 11) is -1.90. The molecular weight excluding hydrogens is 352 g/mol. The molecule has 0 fully saturated rings. The summed E-state index contributed by atoms with van der Waals surface area (Å²) in [6, 6.07) is 31.1. The van der Waals surface area contributed by atoms with Gasteiger partial charge in [0, 0.05) is 0 Å². The fraction of sp³-hybridized carbons (Fsp3) is 0.111. The van der Waals surface area contributed by atoms with E-state index >= 15 is 0 Å². The van der Waals surface area contributed by atoms with E-state index in [0.717, 1.165) is 6.42 Å². The van der Waals surface area contributed by atoms with Gasteiger partial charge >= 0.3 is 0 Å². The lowest BCUT2D eigenvalue weighted by molar-refractivity contribution is 1.36. The lowest BCUT2D eigenvalue weighted by atomic mass is 10.0. The van der Waals surface area contributed by atoms with Crippen molar-refractivity contribution in [2.45, 2.75) is 19.5 Å². The molecule has 0 saturated carbocycles. The molecule has 1 heteroatoms. The summed E-state index contributed by atoms with van der Waals surface area (Å²) in [5.74, 6) is 0. The van der Waals surface area contributed by atoms with Gasteiger partial charge in [-0.1, -0.05) is 109 Å². The van der Waals surface area contributed by atoms with E-state index in [9.17, 15) is 0 Å². The monoisotopic (exact) mass is 376 g/mol. The first kappa shape index (κ1) is 17.2. The van der Waals surface area contributed by atoms with E-state index in [0.29, 0.717) is 0 Å². The zero-order chi connectivity index (χ0) is 19.1. The Hall–Kier alpha value is -2.90. The molecule has 0 saturated heterocycles. The van der Waals surface area contributed by atoms with Crippen molar-refractivity contribution in [1.29, 1.82) is 0 Å². The van der Waals surface area contributed by atoms with Gasteiger partial charge in [0.15, 0.2) is 0 Å². The fourth-order valence-corrected chi connectivity index (χ4v) is 8.46. The molecule has 0 N–H and O–H groups in total. The minimum Gasteiger partial charge on any atom is -0.0802 e. The molecule has 0 nitrogen and oxygen atoms in total. The van der Waals surface area contributed by atoms with Crippen LogP contribution in [-0.2, 0) is 0 Å². The highest BCUT2D eigenvalue weighted by Crippen LogP contribution is 2.36. The summed E-state index contributed by atoms with van der Waals surface area (Å²) in [6.45, 7) is 5.07. The molecule has 1 aliphatic rings. The highest BCUT2D eigenvalue weighted by Gasteiger charge is 2.34. The molecular formula is C27H24Si. The first-order valence-electron chi connectivity index (χ1n) is 10.0. The van der Waals surface area contributed by atoms with Crippen molar-refractivity contribution in [2.75, 3.05) is 0 Å². The molecule has 0 amide bonds. The Labute approximate surface area is 167 Å². The molecule has 1 aliphatic carbocycles. The summed E-state index contributed by atoms with van der Waals surface area (Å²) in [5, 5.41) is 8.76. The Morgan fingerprint density at radius 2 is 1.25 bits per heavy atom. The van der Waals surface area contributed by atoms with Crippen molar-refractivity contribution in [3.05, 3.63) is 108 Å². The van der Waals surface area contributed by atoms with Gasteiger partial charge in [0.1, 0.15) is 8.07 Å². The Morgan fingerprint density at radius 3 is 1.89 bits per heavy atom. The molecule has 4 aromatic carbocycles. The Bertz CT molecular complexity index is 1190. The topological polar surface area (TPSA) is 0 Å². The van der Waals surface area contributed by atoms with E-state index in [-0.39, 0.29) is 0 Å². The molecule has 0 aliphatic heterocycles. The molecule has 0 atom stereocenters. The highest BCUT2D eigenvalue weighted by atomic mass is 28.3. The normalized spacial score (nSPS) is 14.4. The second-order valence-corrected chi connectivity index (χ2v) is 12.5. The smallest absolute Gasteiger partial charge is 0.0802 e. The second kappa shape index (κ2) is 6.61. The van der Waals surface area contributed by atoms with Crippen molar-refractivity contribution in [3.8, 4) is 0 Å². The van der Waals surface area contributed by atoms with Crippen LogP contribution >= 0.6 is 0 Å². The first-order valence-corrected chi connectivity index (χ1v) is 13.0. The predicted molar refractivity (Wildman–Crippen MR) is 126 cm³/mol. The molecule has 0 radical (unpaired) electrons. The van der Waals surface area contributed by atoms with Crippen LogP contribution in [0.25, 0.3) is 27.1 Å². The van der Waals surface area contributed by atoms with Gasteiger partial charge in [-0.15, -0.1) is 0 Å². The minimum absolute atomic E-state index is 1.07. The molecule has 136 valence electrons. The van der Waals surface area contributed by atoms with Crippen molar-refractivity contribution < 1.29 is 0 Å². The van der Waals surface area contributed by atoms with Gasteiger partial charge < -0.3 is 0 Å². The molecule has 0 unspecified atom stereocenters. The summed E-state index contributed by atoms with van der Waals surface area (Å²) >= 11 is 0. The molecule has 5 rings (SSSR count). The zero-order valence-electron chi connectivity index (χ0n) is 16.4. The molecule has 0 bridgehead atoms. The van der Waals surface area contributed by atoms with E-state index < -0.39 is 8.07 Å². The number of benzene rings is 4. The lowest BCUT2D eigenvalue weighted by Crippen LogP contribution is -2.45. The third kappa shape index (κ3) is 2.66. The van der Waals surface area contributed by atoms with Crippen molar-refractivity contribution >= 4 is 40.4 Å². The molecule has 0 heterocycles. The third-order valence-corrected chi connectivity index (χ3v) is 9.94. The van der Waals surface area contributed by atoms with Gasteiger partial charge in [-0.3, -0.25) is 0 Å². The van der Waals surface area contributed by atoms with Crippen LogP contribution in [0.2, 0.25) is 13.1 Å². The van der Waals surface area contributed by atoms with E-state index in [1.807, 2.05) is 0 Å². The van der Waals surface area contributed by atoms with Crippen LogP contribution in [0.1, 0.15) is 12.0 Å². The van der Waals surface area contributed by atoms with Crippen LogP contribution in [-0.4, -0.2) is 8.07 Å². The quantitative estimate of drug-likeness (QED) is 0.270. The number of fused-ring (bicyclic) bond motifs is 2. The maximum atomic E-state index is 2.53. The van der Waals surface area contributed by atoms with E-state index in [1.54, 1.807) is 10.4 Å². The number of hydrogen-bond donors (Lipinski definition) is 0. The highest BCUT2D eigenvalue weighted by molar-refractivity contribution is 6.99. The molecule has 0 spiro atoms. The fourth-order valence-electron chi connectivity index (χ4n) is 4.82. The van der Waals surface area contributed by atoms with E-state index in [1.165, 1.54) is 32.7 Å². The van der Waals surface area contributed by atoms with E-state index in [4.69, 9.17) is 0 Å². The van der Waals surface area contributed by atoms with Gasteiger partial charge in [0.05, 0.1) is 0 Å². The minimum atomic E-state index is -1.90. The van der Waals surface area contributed by atoms with Gasteiger partial charge in [-0.25, -0.2) is 0 Å². The average Bonchev–Trinajstić information content (AvgIpc) is 3.23. The van der Waals surface area contributed by atoms with Gasteiger partial charge in [-0.2, -0.15) is 0 Å². The second-order valence-electron chi connectivity index (χ2n) is 8.18. The Balaban J connectivity index is 1.83. The number of hydrogen-bond acceptors (Lipinski definition) is 0. The van der Waals surface area contributed by atoms with Gasteiger partial charge in [0.2, 0.25) is 0 Å². The summed E-state index contributed by atoms with van der Waals surface area (Å²) in [6.07, 6.45) is 5.76. The average molecular weight is 377 g/mol. The van der Waals surface area contributed by atoms with Crippen LogP contribution in [0, 0.1) is 0 Å². The standard InChI is InChI=1S/C27H24Si/c1-28(2,26-18-10-17-23(26)20-11-4-3-5-12-20)27-24-15-8-6-13-21(24)19-22-14-7-9-16-25(22)27/h3-17,19H,18H2,1-2H3. The zero-order valence-corrected chi connectivity index (χ0v) is 17.4. The Morgan fingerprint density at radius 1 is 0.679 bits per heavy atom. The largest absolute Gasteiger partial charge is 0.110 e. The van der Waals surface area contributed by atoms with Gasteiger partial charge in [0.25, 0.3) is 0 Å². The van der Waals surface area contributed by atoms with Crippen LogP contribution in [0.4, 0.5) is 0 Å². The third-order valence-electron chi connectivity index (χ3n) is 6.17. The Kier molecular flexibility index (Phi) is 4.06. The predicted octanol–water partition coefficient (Wildman–Crippen LogP) is 6.86. The van der Waals surface area contributed by atoms with Crippen LogP contribution < -0.4 is 5.19 Å². The van der Waals surface area contributed by atoms with Crippen molar-refractivity contribution in [1.82, 2.24) is 0 Å². The summed E-state index contributed by atoms with van der Waals surface area (Å²) in [5.41, 5.74) is 2.78. The summed E-state index contributed by atoms with van der Waals surface area (Å²) < 4.78 is 0. The first-order chi connectivity index (χ1) is 13.7. The van der Waals surface area contributed by atoms with Crippen LogP contribution in [0.3, 0.4) is 0 Å².